The van der Waals surface area contributed by atoms with Crippen LogP contribution in [0, 0.1) is 21.8 Å². The van der Waals surface area contributed by atoms with Crippen molar-refractivity contribution in [3.8, 4) is 5.75 Å². The number of hydrogen-bond acceptors (Lipinski definition) is 4. The number of ether oxygens (including phenoxy) is 1. The first-order valence-corrected chi connectivity index (χ1v) is 6.35. The summed E-state index contributed by atoms with van der Waals surface area (Å²) in [4.78, 5) is 9.79. The highest BCUT2D eigenvalue weighted by atomic mass is 32.1. The molecule has 0 saturated carbocycles. The van der Waals surface area contributed by atoms with Gasteiger partial charge in [-0.2, -0.15) is 12.6 Å². The molecule has 1 aromatic carbocycles. The first kappa shape index (κ1) is 14.8. The van der Waals surface area contributed by atoms with Crippen LogP contribution in [-0.2, 0) is 0 Å². The summed E-state index contributed by atoms with van der Waals surface area (Å²) in [6.45, 7) is 2.47. The van der Waals surface area contributed by atoms with Crippen molar-refractivity contribution in [3.63, 3.8) is 0 Å². The van der Waals surface area contributed by atoms with Crippen molar-refractivity contribution in [3.05, 3.63) is 34.1 Å². The van der Waals surface area contributed by atoms with E-state index < -0.39 is 10.7 Å². The van der Waals surface area contributed by atoms with Crippen LogP contribution in [0.1, 0.15) is 19.8 Å². The molecule has 1 unspecified atom stereocenters. The minimum Gasteiger partial charge on any atom is -0.491 e. The lowest BCUT2D eigenvalue weighted by Gasteiger charge is -2.11. The Labute approximate surface area is 111 Å². The molecule has 0 heterocycles. The molecular formula is C12H16FNO3S. The van der Waals surface area contributed by atoms with Crippen LogP contribution in [0.25, 0.3) is 0 Å². The predicted octanol–water partition coefficient (Wildman–Crippen LogP) is 3.46. The molecule has 0 aromatic heterocycles. The van der Waals surface area contributed by atoms with Gasteiger partial charge >= 0.3 is 0 Å². The van der Waals surface area contributed by atoms with E-state index in [1.54, 1.807) is 0 Å². The second kappa shape index (κ2) is 7.20. The van der Waals surface area contributed by atoms with Gasteiger partial charge in [-0.1, -0.05) is 6.92 Å². The molecule has 4 nitrogen and oxygen atoms in total. The zero-order valence-electron chi connectivity index (χ0n) is 10.1. The Morgan fingerprint density at radius 1 is 1.50 bits per heavy atom. The molecule has 0 fully saturated rings. The van der Waals surface area contributed by atoms with Crippen molar-refractivity contribution < 1.29 is 14.1 Å². The number of benzene rings is 1. The fourth-order valence-corrected chi connectivity index (χ4v) is 1.90. The maximum absolute atomic E-state index is 13.4. The number of rotatable bonds is 7. The zero-order valence-corrected chi connectivity index (χ0v) is 11.0. The monoisotopic (exact) mass is 273 g/mol. The van der Waals surface area contributed by atoms with Gasteiger partial charge < -0.3 is 4.74 Å². The first-order valence-electron chi connectivity index (χ1n) is 5.72. The Hall–Kier alpha value is -1.30. The molecule has 6 heteroatoms. The van der Waals surface area contributed by atoms with Crippen LogP contribution < -0.4 is 4.74 Å². The van der Waals surface area contributed by atoms with E-state index in [1.165, 1.54) is 12.1 Å². The van der Waals surface area contributed by atoms with E-state index in [0.717, 1.165) is 24.7 Å². The van der Waals surface area contributed by atoms with Gasteiger partial charge in [0.1, 0.15) is 0 Å². The SMILES string of the molecule is CC(CCS)CCOc1ccc([N+](=O)[O-])cc1F. The van der Waals surface area contributed by atoms with E-state index in [1.807, 2.05) is 0 Å². The second-order valence-electron chi connectivity index (χ2n) is 4.13. The molecule has 0 saturated heterocycles. The van der Waals surface area contributed by atoms with Crippen molar-refractivity contribution in [2.45, 2.75) is 19.8 Å². The number of nitro groups is 1. The van der Waals surface area contributed by atoms with Crippen LogP contribution in [-0.4, -0.2) is 17.3 Å². The highest BCUT2D eigenvalue weighted by Gasteiger charge is 2.11. The molecule has 1 aromatic rings. The van der Waals surface area contributed by atoms with Gasteiger partial charge in [0, 0.05) is 6.07 Å². The smallest absolute Gasteiger partial charge is 0.272 e. The van der Waals surface area contributed by atoms with Crippen molar-refractivity contribution in [2.75, 3.05) is 12.4 Å². The summed E-state index contributed by atoms with van der Waals surface area (Å²) in [6.07, 6.45) is 1.78. The largest absolute Gasteiger partial charge is 0.491 e. The molecule has 0 radical (unpaired) electrons. The third-order valence-electron chi connectivity index (χ3n) is 2.62. The molecule has 0 amide bonds. The summed E-state index contributed by atoms with van der Waals surface area (Å²) in [6, 6.07) is 3.39. The van der Waals surface area contributed by atoms with E-state index in [4.69, 9.17) is 4.74 Å². The summed E-state index contributed by atoms with van der Waals surface area (Å²) in [5.41, 5.74) is -0.275. The molecule has 0 spiro atoms. The average molecular weight is 273 g/mol. The van der Waals surface area contributed by atoms with Gasteiger partial charge in [-0.25, -0.2) is 4.39 Å². The Bertz CT molecular complexity index is 414. The van der Waals surface area contributed by atoms with Gasteiger partial charge in [-0.05, 0) is 30.6 Å². The second-order valence-corrected chi connectivity index (χ2v) is 4.57. The molecule has 0 aliphatic heterocycles. The summed E-state index contributed by atoms with van der Waals surface area (Å²) in [7, 11) is 0. The highest BCUT2D eigenvalue weighted by Crippen LogP contribution is 2.23. The molecule has 0 bridgehead atoms. The number of nitro benzene ring substituents is 1. The van der Waals surface area contributed by atoms with Gasteiger partial charge in [0.2, 0.25) is 0 Å². The number of hydrogen-bond donors (Lipinski definition) is 1. The summed E-state index contributed by atoms with van der Waals surface area (Å²) < 4.78 is 18.7. The molecule has 100 valence electrons. The minimum absolute atomic E-state index is 0.0543. The normalized spacial score (nSPS) is 12.2. The van der Waals surface area contributed by atoms with E-state index in [2.05, 4.69) is 19.6 Å². The molecule has 0 N–H and O–H groups in total. The van der Waals surface area contributed by atoms with Crippen molar-refractivity contribution in [1.29, 1.82) is 0 Å². The Morgan fingerprint density at radius 3 is 2.78 bits per heavy atom. The maximum Gasteiger partial charge on any atom is 0.272 e. The van der Waals surface area contributed by atoms with Crippen LogP contribution in [0.4, 0.5) is 10.1 Å². The van der Waals surface area contributed by atoms with E-state index in [0.29, 0.717) is 12.5 Å². The van der Waals surface area contributed by atoms with Gasteiger partial charge in [-0.15, -0.1) is 0 Å². The lowest BCUT2D eigenvalue weighted by Crippen LogP contribution is -2.05. The van der Waals surface area contributed by atoms with Crippen LogP contribution in [0.5, 0.6) is 5.75 Å². The van der Waals surface area contributed by atoms with Gasteiger partial charge in [-0.3, -0.25) is 10.1 Å². The highest BCUT2D eigenvalue weighted by molar-refractivity contribution is 7.80. The summed E-state index contributed by atoms with van der Waals surface area (Å²) >= 11 is 4.13. The quantitative estimate of drug-likeness (QED) is 0.470. The van der Waals surface area contributed by atoms with E-state index in [-0.39, 0.29) is 11.4 Å². The van der Waals surface area contributed by atoms with Gasteiger partial charge in [0.05, 0.1) is 17.6 Å². The predicted molar refractivity (Wildman–Crippen MR) is 70.8 cm³/mol. The topological polar surface area (TPSA) is 52.4 Å². The van der Waals surface area contributed by atoms with Crippen molar-refractivity contribution in [2.24, 2.45) is 5.92 Å². The lowest BCUT2D eigenvalue weighted by atomic mass is 10.1. The Morgan fingerprint density at radius 2 is 2.22 bits per heavy atom. The van der Waals surface area contributed by atoms with Crippen molar-refractivity contribution in [1.82, 2.24) is 0 Å². The zero-order chi connectivity index (χ0) is 13.5. The molecule has 18 heavy (non-hydrogen) atoms. The Kier molecular flexibility index (Phi) is 5.91. The van der Waals surface area contributed by atoms with Gasteiger partial charge in [0.25, 0.3) is 5.69 Å². The first-order chi connectivity index (χ1) is 8.54. The molecular weight excluding hydrogens is 257 g/mol. The molecule has 1 atom stereocenters. The number of halogens is 1. The fourth-order valence-electron chi connectivity index (χ4n) is 1.46. The van der Waals surface area contributed by atoms with E-state index in [9.17, 15) is 14.5 Å². The third kappa shape index (κ3) is 4.52. The van der Waals surface area contributed by atoms with E-state index >= 15 is 0 Å². The van der Waals surface area contributed by atoms with Crippen LogP contribution in [0.15, 0.2) is 18.2 Å². The summed E-state index contributed by atoms with van der Waals surface area (Å²) in [5, 5.41) is 10.4. The number of non-ortho nitro benzene ring substituents is 1. The minimum atomic E-state index is -0.703. The van der Waals surface area contributed by atoms with Crippen molar-refractivity contribution >= 4 is 18.3 Å². The number of thiol groups is 1. The van der Waals surface area contributed by atoms with Crippen LogP contribution in [0.3, 0.4) is 0 Å². The molecule has 0 aliphatic carbocycles. The molecule has 1 rings (SSSR count). The lowest BCUT2D eigenvalue weighted by molar-refractivity contribution is -0.385. The molecule has 0 aliphatic rings. The number of nitrogens with zero attached hydrogens (tertiary/aromatic N) is 1. The summed E-state index contributed by atoms with van der Waals surface area (Å²) in [5.74, 6) is 0.626. The maximum atomic E-state index is 13.4. The third-order valence-corrected chi connectivity index (χ3v) is 2.87. The van der Waals surface area contributed by atoms with Crippen LogP contribution >= 0.6 is 12.6 Å². The van der Waals surface area contributed by atoms with Gasteiger partial charge in [0.15, 0.2) is 11.6 Å². The Balaban J connectivity index is 2.50. The average Bonchev–Trinajstić information content (AvgIpc) is 2.31. The fraction of sp³-hybridized carbons (Fsp3) is 0.500. The standard InChI is InChI=1S/C12H16FNO3S/c1-9(5-7-18)4-6-17-12-3-2-10(14(15)16)8-11(12)13/h2-3,8-9,18H,4-7H2,1H3. The van der Waals surface area contributed by atoms with Crippen LogP contribution in [0.2, 0.25) is 0 Å².